The first-order valence-corrected chi connectivity index (χ1v) is 6.75. The Hall–Kier alpha value is -2.46. The Kier molecular flexibility index (Phi) is 2.65. The lowest BCUT2D eigenvalue weighted by atomic mass is 9.98. The van der Waals surface area contributed by atoms with Gasteiger partial charge in [0.05, 0.1) is 5.71 Å². The van der Waals surface area contributed by atoms with Gasteiger partial charge in [-0.2, -0.15) is 0 Å². The van der Waals surface area contributed by atoms with E-state index in [1.54, 1.807) is 18.3 Å². The Morgan fingerprint density at radius 1 is 1.19 bits per heavy atom. The smallest absolute Gasteiger partial charge is 0.171 e. The largest absolute Gasteiger partial charge is 0.453 e. The molecule has 3 nitrogen and oxygen atoms in total. The summed E-state index contributed by atoms with van der Waals surface area (Å²) in [5.74, 6) is -0.427. The number of halogens is 1. The fraction of sp³-hybridized carbons (Fsp3) is 0.118. The topological polar surface area (TPSA) is 45.7 Å². The summed E-state index contributed by atoms with van der Waals surface area (Å²) in [5.41, 5.74) is 2.07. The number of para-hydroxylation sites is 1. The average molecular weight is 281 g/mol. The monoisotopic (exact) mass is 281 g/mol. The number of benzene rings is 2. The molecular weight excluding hydrogens is 269 g/mol. The van der Waals surface area contributed by atoms with Gasteiger partial charge in [0.15, 0.2) is 11.4 Å². The molecule has 1 atom stereocenters. The van der Waals surface area contributed by atoms with E-state index >= 15 is 0 Å². The maximum atomic E-state index is 14.0. The third-order valence-electron chi connectivity index (χ3n) is 3.79. The molecule has 0 fully saturated rings. The highest BCUT2D eigenvalue weighted by Crippen LogP contribution is 2.36. The molecule has 1 aliphatic heterocycles. The van der Waals surface area contributed by atoms with Crippen molar-refractivity contribution < 1.29 is 13.9 Å². The number of nitrogens with zero attached hydrogens (tertiary/aromatic N) is 1. The molecule has 0 saturated carbocycles. The van der Waals surface area contributed by atoms with Crippen LogP contribution in [0.1, 0.15) is 18.1 Å². The normalized spacial score (nSPS) is 15.8. The fourth-order valence-electron chi connectivity index (χ4n) is 2.79. The lowest BCUT2D eigenvalue weighted by Crippen LogP contribution is -2.10. The Morgan fingerprint density at radius 2 is 2.05 bits per heavy atom. The van der Waals surface area contributed by atoms with Crippen molar-refractivity contribution >= 4 is 27.7 Å². The van der Waals surface area contributed by atoms with Gasteiger partial charge in [-0.3, -0.25) is 4.99 Å². The third kappa shape index (κ3) is 1.80. The van der Waals surface area contributed by atoms with Crippen LogP contribution >= 0.6 is 0 Å². The maximum Gasteiger partial charge on any atom is 0.171 e. The van der Waals surface area contributed by atoms with Crippen LogP contribution in [-0.4, -0.2) is 10.8 Å². The molecule has 0 spiro atoms. The van der Waals surface area contributed by atoms with Crippen molar-refractivity contribution in [3.05, 3.63) is 60.1 Å². The minimum atomic E-state index is -0.857. The zero-order valence-corrected chi connectivity index (χ0v) is 11.1. The van der Waals surface area contributed by atoms with E-state index < -0.39 is 11.9 Å². The van der Waals surface area contributed by atoms with E-state index in [1.807, 2.05) is 24.3 Å². The third-order valence-corrected chi connectivity index (χ3v) is 3.79. The predicted molar refractivity (Wildman–Crippen MR) is 79.8 cm³/mol. The summed E-state index contributed by atoms with van der Waals surface area (Å²) < 4.78 is 19.6. The van der Waals surface area contributed by atoms with Crippen molar-refractivity contribution in [1.29, 1.82) is 0 Å². The van der Waals surface area contributed by atoms with E-state index in [0.717, 1.165) is 5.39 Å². The number of allylic oxidation sites excluding steroid dienone is 1. The molecule has 3 aromatic rings. The van der Waals surface area contributed by atoms with Crippen molar-refractivity contribution in [3.8, 4) is 0 Å². The minimum Gasteiger partial charge on any atom is -0.453 e. The second kappa shape index (κ2) is 4.53. The highest BCUT2D eigenvalue weighted by Gasteiger charge is 2.22. The molecule has 0 saturated heterocycles. The predicted octanol–water partition coefficient (Wildman–Crippen LogP) is 4.12. The van der Waals surface area contributed by atoms with Crippen LogP contribution in [0.25, 0.3) is 21.9 Å². The van der Waals surface area contributed by atoms with Crippen LogP contribution in [-0.2, 0) is 0 Å². The van der Waals surface area contributed by atoms with E-state index in [0.29, 0.717) is 28.7 Å². The molecule has 2 heterocycles. The van der Waals surface area contributed by atoms with E-state index in [2.05, 4.69) is 4.99 Å². The van der Waals surface area contributed by atoms with Gasteiger partial charge in [0.25, 0.3) is 0 Å². The maximum absolute atomic E-state index is 14.0. The molecule has 1 aliphatic rings. The number of rotatable bonds is 2. The first-order chi connectivity index (χ1) is 10.3. The number of aliphatic imine (C=N–C) groups is 1. The zero-order valence-electron chi connectivity index (χ0n) is 11.1. The van der Waals surface area contributed by atoms with Crippen LogP contribution in [0.4, 0.5) is 4.39 Å². The van der Waals surface area contributed by atoms with E-state index in [9.17, 15) is 9.50 Å². The number of fused-ring (bicyclic) bond motifs is 3. The summed E-state index contributed by atoms with van der Waals surface area (Å²) in [7, 11) is 0. The first kappa shape index (κ1) is 12.3. The van der Waals surface area contributed by atoms with Gasteiger partial charge in [-0.05, 0) is 17.7 Å². The molecule has 1 N–H and O–H groups in total. The molecule has 0 amide bonds. The van der Waals surface area contributed by atoms with Crippen LogP contribution in [0.5, 0.6) is 0 Å². The van der Waals surface area contributed by atoms with Crippen LogP contribution in [0.15, 0.2) is 58.1 Å². The van der Waals surface area contributed by atoms with Gasteiger partial charge in [-0.25, -0.2) is 4.39 Å². The molecule has 2 aromatic carbocycles. The summed E-state index contributed by atoms with van der Waals surface area (Å²) in [5, 5.41) is 12.0. The number of furan rings is 1. The summed E-state index contributed by atoms with van der Waals surface area (Å²) in [6, 6.07) is 10.3. The lowest BCUT2D eigenvalue weighted by molar-refractivity contribution is 0.247. The summed E-state index contributed by atoms with van der Waals surface area (Å²) >= 11 is 0. The van der Waals surface area contributed by atoms with E-state index in [-0.39, 0.29) is 5.58 Å². The number of aliphatic hydroxyl groups excluding tert-OH is 1. The van der Waals surface area contributed by atoms with Gasteiger partial charge in [0.2, 0.25) is 0 Å². The quantitative estimate of drug-likeness (QED) is 0.768. The van der Waals surface area contributed by atoms with Crippen molar-refractivity contribution in [2.24, 2.45) is 4.99 Å². The van der Waals surface area contributed by atoms with Gasteiger partial charge in [0.1, 0.15) is 11.7 Å². The molecule has 21 heavy (non-hydrogen) atoms. The molecule has 0 bridgehead atoms. The van der Waals surface area contributed by atoms with Gasteiger partial charge in [0, 0.05) is 23.4 Å². The molecule has 104 valence electrons. The molecule has 1 aromatic heterocycles. The highest BCUT2D eigenvalue weighted by atomic mass is 19.1. The van der Waals surface area contributed by atoms with Crippen molar-refractivity contribution in [1.82, 2.24) is 0 Å². The highest BCUT2D eigenvalue weighted by molar-refractivity contribution is 6.09. The van der Waals surface area contributed by atoms with Gasteiger partial charge in [-0.1, -0.05) is 30.3 Å². The number of aliphatic hydroxyl groups is 1. The Balaban J connectivity index is 2.02. The van der Waals surface area contributed by atoms with Gasteiger partial charge >= 0.3 is 0 Å². The van der Waals surface area contributed by atoms with Crippen molar-refractivity contribution in [3.63, 3.8) is 0 Å². The van der Waals surface area contributed by atoms with Crippen molar-refractivity contribution in [2.45, 2.75) is 12.5 Å². The summed E-state index contributed by atoms with van der Waals surface area (Å²) in [4.78, 5) is 4.17. The Morgan fingerprint density at radius 3 is 2.86 bits per heavy atom. The SMILES string of the molecule is OC(C1=NC=CC1)c1ccc(F)c2oc3ccccc3c12. The number of hydrogen-bond acceptors (Lipinski definition) is 3. The van der Waals surface area contributed by atoms with E-state index in [4.69, 9.17) is 4.42 Å². The Labute approximate surface area is 120 Å². The number of hydrogen-bond donors (Lipinski definition) is 1. The van der Waals surface area contributed by atoms with Crippen LogP contribution < -0.4 is 0 Å². The van der Waals surface area contributed by atoms with Crippen molar-refractivity contribution in [2.75, 3.05) is 0 Å². The molecule has 0 aliphatic carbocycles. The zero-order chi connectivity index (χ0) is 14.4. The van der Waals surface area contributed by atoms with Crippen LogP contribution in [0.2, 0.25) is 0 Å². The second-order valence-corrected chi connectivity index (χ2v) is 5.05. The second-order valence-electron chi connectivity index (χ2n) is 5.05. The molecule has 4 rings (SSSR count). The van der Waals surface area contributed by atoms with Crippen LogP contribution in [0.3, 0.4) is 0 Å². The first-order valence-electron chi connectivity index (χ1n) is 6.75. The van der Waals surface area contributed by atoms with Crippen LogP contribution in [0, 0.1) is 5.82 Å². The Bertz CT molecular complexity index is 908. The summed E-state index contributed by atoms with van der Waals surface area (Å²) in [6.45, 7) is 0. The van der Waals surface area contributed by atoms with E-state index in [1.165, 1.54) is 6.07 Å². The van der Waals surface area contributed by atoms with Gasteiger partial charge < -0.3 is 9.52 Å². The minimum absolute atomic E-state index is 0.180. The van der Waals surface area contributed by atoms with Gasteiger partial charge in [-0.15, -0.1) is 0 Å². The average Bonchev–Trinajstić information content (AvgIpc) is 3.15. The molecule has 1 unspecified atom stereocenters. The summed E-state index contributed by atoms with van der Waals surface area (Å²) in [6.07, 6.45) is 3.30. The molecule has 4 heteroatoms. The lowest BCUT2D eigenvalue weighted by Gasteiger charge is -2.12. The standard InChI is InChI=1S/C17H12FNO2/c18-12-8-7-11(16(20)13-5-3-9-19-13)15-10-4-1-2-6-14(10)21-17(12)15/h1-4,6-9,16,20H,5H2. The molecular formula is C17H12FNO2. The fourth-order valence-corrected chi connectivity index (χ4v) is 2.79. The molecule has 0 radical (unpaired) electrons.